The minimum Gasteiger partial charge on any atom is -0.497 e. The number of nitrogens with one attached hydrogen (secondary N) is 1. The zero-order chi connectivity index (χ0) is 14.3. The van der Waals surface area contributed by atoms with Gasteiger partial charge in [0.25, 0.3) is 0 Å². The monoisotopic (exact) mass is 266 g/mol. The van der Waals surface area contributed by atoms with E-state index in [1.165, 1.54) is 0 Å². The van der Waals surface area contributed by atoms with E-state index in [0.717, 1.165) is 5.56 Å². The van der Waals surface area contributed by atoms with E-state index in [1.807, 2.05) is 26.0 Å². The van der Waals surface area contributed by atoms with Crippen molar-refractivity contribution in [1.82, 2.24) is 5.32 Å². The first-order valence-corrected chi connectivity index (χ1v) is 6.41. The van der Waals surface area contributed by atoms with E-state index in [0.29, 0.717) is 31.1 Å². The molecule has 0 spiro atoms. The van der Waals surface area contributed by atoms with Crippen molar-refractivity contribution in [3.05, 3.63) is 23.8 Å². The average molecular weight is 266 g/mol. The maximum absolute atomic E-state index is 11.3. The van der Waals surface area contributed by atoms with Crippen LogP contribution in [-0.2, 0) is 4.79 Å². The van der Waals surface area contributed by atoms with Crippen LogP contribution in [0.4, 0.5) is 0 Å². The number of hydrogen-bond donors (Lipinski definition) is 2. The summed E-state index contributed by atoms with van der Waals surface area (Å²) in [7, 11) is 1.60. The molecule has 1 amide bonds. The summed E-state index contributed by atoms with van der Waals surface area (Å²) in [4.78, 5) is 11.3. The van der Waals surface area contributed by atoms with E-state index < -0.39 is 0 Å². The highest BCUT2D eigenvalue weighted by Crippen LogP contribution is 2.28. The summed E-state index contributed by atoms with van der Waals surface area (Å²) >= 11 is 0. The second-order valence-electron chi connectivity index (χ2n) is 4.24. The summed E-state index contributed by atoms with van der Waals surface area (Å²) in [5.74, 6) is 1.35. The highest BCUT2D eigenvalue weighted by atomic mass is 16.5. The van der Waals surface area contributed by atoms with Gasteiger partial charge in [-0.3, -0.25) is 4.79 Å². The van der Waals surface area contributed by atoms with Crippen molar-refractivity contribution in [1.29, 1.82) is 0 Å². The van der Waals surface area contributed by atoms with Gasteiger partial charge in [-0.25, -0.2) is 0 Å². The normalized spacial score (nSPS) is 11.8. The van der Waals surface area contributed by atoms with Crippen LogP contribution in [0.3, 0.4) is 0 Å². The Balaban J connectivity index is 2.67. The van der Waals surface area contributed by atoms with Crippen molar-refractivity contribution in [3.8, 4) is 11.5 Å². The van der Waals surface area contributed by atoms with Crippen LogP contribution in [0.25, 0.3) is 0 Å². The molecule has 0 unspecified atom stereocenters. The van der Waals surface area contributed by atoms with Crippen LogP contribution in [0, 0.1) is 0 Å². The van der Waals surface area contributed by atoms with E-state index >= 15 is 0 Å². The zero-order valence-electron chi connectivity index (χ0n) is 11.7. The van der Waals surface area contributed by atoms with Gasteiger partial charge in [-0.1, -0.05) is 6.07 Å². The quantitative estimate of drug-likeness (QED) is 0.786. The van der Waals surface area contributed by atoms with E-state index in [9.17, 15) is 4.79 Å². The lowest BCUT2D eigenvalue weighted by Gasteiger charge is -2.15. The molecule has 1 aromatic carbocycles. The maximum Gasteiger partial charge on any atom is 0.223 e. The summed E-state index contributed by atoms with van der Waals surface area (Å²) in [6.45, 7) is 4.72. The fourth-order valence-corrected chi connectivity index (χ4v) is 1.68. The number of amides is 1. The van der Waals surface area contributed by atoms with E-state index in [-0.39, 0.29) is 11.9 Å². The molecule has 0 saturated heterocycles. The molecule has 106 valence electrons. The van der Waals surface area contributed by atoms with Crippen LogP contribution in [-0.4, -0.2) is 26.2 Å². The second kappa shape index (κ2) is 7.63. The fourth-order valence-electron chi connectivity index (χ4n) is 1.68. The van der Waals surface area contributed by atoms with Crippen molar-refractivity contribution >= 4 is 5.91 Å². The number of carbonyl (C=O) groups excluding carboxylic acids is 1. The first kappa shape index (κ1) is 15.3. The fraction of sp³-hybridized carbons (Fsp3) is 0.500. The molecule has 0 saturated carbocycles. The molecule has 0 aliphatic carbocycles. The summed E-state index contributed by atoms with van der Waals surface area (Å²) in [6.07, 6.45) is 0.323. The van der Waals surface area contributed by atoms with Crippen molar-refractivity contribution in [2.45, 2.75) is 26.3 Å². The van der Waals surface area contributed by atoms with Gasteiger partial charge in [0, 0.05) is 24.2 Å². The Hall–Kier alpha value is -1.75. The molecular weight excluding hydrogens is 244 g/mol. The molecule has 5 heteroatoms. The van der Waals surface area contributed by atoms with Gasteiger partial charge >= 0.3 is 0 Å². The average Bonchev–Trinajstić information content (AvgIpc) is 2.38. The van der Waals surface area contributed by atoms with Crippen molar-refractivity contribution < 1.29 is 14.3 Å². The molecule has 3 N–H and O–H groups in total. The maximum atomic E-state index is 11.3. The summed E-state index contributed by atoms with van der Waals surface area (Å²) in [5, 5.41) is 2.72. The standard InChI is InChI=1S/C14H22N2O3/c1-4-16-14(17)7-8-19-13-9-11(18-3)5-6-12(13)10(2)15/h5-6,9-10H,4,7-8,15H2,1-3H3,(H,16,17)/t10-/m0/s1. The lowest BCUT2D eigenvalue weighted by molar-refractivity contribution is -0.121. The van der Waals surface area contributed by atoms with Gasteiger partial charge in [-0.15, -0.1) is 0 Å². The van der Waals surface area contributed by atoms with Crippen molar-refractivity contribution in [3.63, 3.8) is 0 Å². The Morgan fingerprint density at radius 3 is 2.79 bits per heavy atom. The van der Waals surface area contributed by atoms with Crippen LogP contribution < -0.4 is 20.5 Å². The van der Waals surface area contributed by atoms with E-state index in [2.05, 4.69) is 5.32 Å². The van der Waals surface area contributed by atoms with Crippen molar-refractivity contribution in [2.24, 2.45) is 5.73 Å². The molecule has 1 atom stereocenters. The Labute approximate surface area is 114 Å². The molecule has 0 aliphatic heterocycles. The molecule has 0 radical (unpaired) electrons. The van der Waals surface area contributed by atoms with E-state index in [4.69, 9.17) is 15.2 Å². The smallest absolute Gasteiger partial charge is 0.223 e. The van der Waals surface area contributed by atoms with Gasteiger partial charge in [-0.05, 0) is 19.9 Å². The first-order chi connectivity index (χ1) is 9.08. The summed E-state index contributed by atoms with van der Waals surface area (Å²) < 4.78 is 10.8. The van der Waals surface area contributed by atoms with Gasteiger partial charge in [0.15, 0.2) is 0 Å². The number of benzene rings is 1. The van der Waals surface area contributed by atoms with Crippen LogP contribution >= 0.6 is 0 Å². The van der Waals surface area contributed by atoms with Crippen LogP contribution in [0.5, 0.6) is 11.5 Å². The SMILES string of the molecule is CCNC(=O)CCOc1cc(OC)ccc1[C@H](C)N. The van der Waals surface area contributed by atoms with E-state index in [1.54, 1.807) is 13.2 Å². The third-order valence-corrected chi connectivity index (χ3v) is 2.67. The number of hydrogen-bond acceptors (Lipinski definition) is 4. The minimum absolute atomic E-state index is 0.0206. The lowest BCUT2D eigenvalue weighted by Crippen LogP contribution is -2.24. The van der Waals surface area contributed by atoms with Crippen LogP contribution in [0.15, 0.2) is 18.2 Å². The summed E-state index contributed by atoms with van der Waals surface area (Å²) in [5.41, 5.74) is 6.78. The Morgan fingerprint density at radius 1 is 1.47 bits per heavy atom. The van der Waals surface area contributed by atoms with Gasteiger partial charge in [0.05, 0.1) is 20.1 Å². The molecule has 1 aromatic rings. The molecule has 0 aromatic heterocycles. The number of nitrogens with two attached hydrogens (primary N) is 1. The predicted molar refractivity (Wildman–Crippen MR) is 74.4 cm³/mol. The third kappa shape index (κ3) is 4.79. The minimum atomic E-state index is -0.134. The zero-order valence-corrected chi connectivity index (χ0v) is 11.7. The molecule has 0 fully saturated rings. The lowest BCUT2D eigenvalue weighted by atomic mass is 10.1. The molecule has 1 rings (SSSR count). The van der Waals surface area contributed by atoms with Crippen LogP contribution in [0.1, 0.15) is 31.9 Å². The van der Waals surface area contributed by atoms with Gasteiger partial charge in [0.2, 0.25) is 5.91 Å². The molecule has 5 nitrogen and oxygen atoms in total. The first-order valence-electron chi connectivity index (χ1n) is 6.41. The topological polar surface area (TPSA) is 73.6 Å². The Kier molecular flexibility index (Phi) is 6.15. The number of rotatable bonds is 7. The predicted octanol–water partition coefficient (Wildman–Crippen LogP) is 1.62. The Morgan fingerprint density at radius 2 is 2.21 bits per heavy atom. The largest absolute Gasteiger partial charge is 0.497 e. The molecule has 19 heavy (non-hydrogen) atoms. The summed E-state index contributed by atoms with van der Waals surface area (Å²) in [6, 6.07) is 5.38. The van der Waals surface area contributed by atoms with Crippen molar-refractivity contribution in [2.75, 3.05) is 20.3 Å². The second-order valence-corrected chi connectivity index (χ2v) is 4.24. The van der Waals surface area contributed by atoms with Crippen LogP contribution in [0.2, 0.25) is 0 Å². The third-order valence-electron chi connectivity index (χ3n) is 2.67. The van der Waals surface area contributed by atoms with Gasteiger partial charge in [0.1, 0.15) is 11.5 Å². The number of carbonyl (C=O) groups is 1. The highest BCUT2D eigenvalue weighted by Gasteiger charge is 2.10. The number of methoxy groups -OCH3 is 1. The van der Waals surface area contributed by atoms with Gasteiger partial charge < -0.3 is 20.5 Å². The number of ether oxygens (including phenoxy) is 2. The molecule has 0 aliphatic rings. The van der Waals surface area contributed by atoms with Gasteiger partial charge in [-0.2, -0.15) is 0 Å². The Bertz CT molecular complexity index is 419. The highest BCUT2D eigenvalue weighted by molar-refractivity contribution is 5.75. The molecular formula is C14H22N2O3. The molecule has 0 bridgehead atoms. The molecule has 0 heterocycles.